The lowest BCUT2D eigenvalue weighted by molar-refractivity contribution is -0.0321. The van der Waals surface area contributed by atoms with E-state index in [0.29, 0.717) is 125 Å². The maximum Gasteiger partial charge on any atom is 0.0704 e. The van der Waals surface area contributed by atoms with Crippen LogP contribution in [0.4, 0.5) is 0 Å². The first kappa shape index (κ1) is 41.6. The summed E-state index contributed by atoms with van der Waals surface area (Å²) in [4.78, 5) is 0. The quantitative estimate of drug-likeness (QED) is 0.0999. The third kappa shape index (κ3) is 32.9. The van der Waals surface area contributed by atoms with Crippen molar-refractivity contribution in [1.29, 1.82) is 0 Å². The fourth-order valence-electron chi connectivity index (χ4n) is 4.44. The average Bonchev–Trinajstić information content (AvgIpc) is 3.05. The first-order chi connectivity index (χ1) is 21.9. The maximum absolute atomic E-state index is 5.79. The summed E-state index contributed by atoms with van der Waals surface area (Å²) < 4.78 is 55.5. The predicted octanol–water partition coefficient (Wildman–Crippen LogP) is 4.05. The molecule has 0 aromatic carbocycles. The minimum atomic E-state index is 0.377. The monoisotopic (exact) mass is 637 g/mol. The second-order valence-corrected chi connectivity index (χ2v) is 10.8. The van der Waals surface area contributed by atoms with Crippen LogP contribution in [0, 0.1) is 0 Å². The van der Waals surface area contributed by atoms with E-state index in [2.05, 4.69) is 12.2 Å². The largest absolute Gasteiger partial charge is 0.379 e. The van der Waals surface area contributed by atoms with Crippen molar-refractivity contribution in [3.8, 4) is 0 Å². The van der Waals surface area contributed by atoms with Gasteiger partial charge >= 0.3 is 0 Å². The van der Waals surface area contributed by atoms with E-state index in [1.54, 1.807) is 0 Å². The van der Waals surface area contributed by atoms with Gasteiger partial charge in [0.15, 0.2) is 0 Å². The van der Waals surface area contributed by atoms with Crippen LogP contribution in [0.1, 0.15) is 71.1 Å². The molecule has 44 heavy (non-hydrogen) atoms. The van der Waals surface area contributed by atoms with E-state index in [-0.39, 0.29) is 0 Å². The standard InChI is InChI=1S/C33H67NO10/c1-2-3-4-5-6-7-8-9-14-35-15-16-36-17-18-37-19-20-38-21-22-39-23-24-40-25-26-41-27-28-42-29-30-43-31-32-44-33-10-12-34-13-11-33/h33-34H,2-32H2,1H3. The average molecular weight is 638 g/mol. The van der Waals surface area contributed by atoms with Crippen LogP contribution < -0.4 is 5.32 Å². The van der Waals surface area contributed by atoms with Crippen molar-refractivity contribution in [2.75, 3.05) is 139 Å². The number of nitrogens with one attached hydrogen (secondary N) is 1. The lowest BCUT2D eigenvalue weighted by atomic mass is 10.1. The molecule has 1 saturated heterocycles. The molecule has 0 bridgehead atoms. The maximum atomic E-state index is 5.79. The molecular weight excluding hydrogens is 570 g/mol. The number of hydrogen-bond acceptors (Lipinski definition) is 11. The summed E-state index contributed by atoms with van der Waals surface area (Å²) in [5.41, 5.74) is 0. The Morgan fingerprint density at radius 1 is 0.364 bits per heavy atom. The Morgan fingerprint density at radius 2 is 0.659 bits per heavy atom. The van der Waals surface area contributed by atoms with Crippen LogP contribution in [-0.2, 0) is 47.4 Å². The van der Waals surface area contributed by atoms with Gasteiger partial charge in [0, 0.05) is 6.61 Å². The van der Waals surface area contributed by atoms with E-state index in [1.807, 2.05) is 0 Å². The van der Waals surface area contributed by atoms with Crippen molar-refractivity contribution in [3.63, 3.8) is 0 Å². The number of unbranched alkanes of at least 4 members (excludes halogenated alkanes) is 7. The summed E-state index contributed by atoms with van der Waals surface area (Å²) in [7, 11) is 0. The molecule has 1 aliphatic heterocycles. The highest BCUT2D eigenvalue weighted by Gasteiger charge is 2.12. The molecule has 0 amide bonds. The highest BCUT2D eigenvalue weighted by Crippen LogP contribution is 2.08. The van der Waals surface area contributed by atoms with E-state index < -0.39 is 0 Å². The lowest BCUT2D eigenvalue weighted by Gasteiger charge is -2.22. The molecule has 1 fully saturated rings. The zero-order valence-electron chi connectivity index (χ0n) is 28.1. The number of piperidine rings is 1. The van der Waals surface area contributed by atoms with Gasteiger partial charge in [-0.15, -0.1) is 0 Å². The molecule has 0 saturated carbocycles. The number of ether oxygens (including phenoxy) is 10. The molecule has 0 aromatic heterocycles. The van der Waals surface area contributed by atoms with Gasteiger partial charge in [0.1, 0.15) is 0 Å². The second kappa shape index (κ2) is 37.0. The van der Waals surface area contributed by atoms with Crippen LogP contribution >= 0.6 is 0 Å². The van der Waals surface area contributed by atoms with Crippen molar-refractivity contribution in [2.45, 2.75) is 77.2 Å². The van der Waals surface area contributed by atoms with Gasteiger partial charge in [0.05, 0.1) is 125 Å². The fourth-order valence-corrected chi connectivity index (χ4v) is 4.44. The summed E-state index contributed by atoms with van der Waals surface area (Å²) in [6.07, 6.45) is 13.1. The topological polar surface area (TPSA) is 104 Å². The Balaban J connectivity index is 1.60. The molecule has 0 atom stereocenters. The highest BCUT2D eigenvalue weighted by molar-refractivity contribution is 4.67. The lowest BCUT2D eigenvalue weighted by Crippen LogP contribution is -2.33. The molecule has 11 heteroatoms. The first-order valence-corrected chi connectivity index (χ1v) is 17.5. The minimum absolute atomic E-state index is 0.377. The minimum Gasteiger partial charge on any atom is -0.379 e. The zero-order valence-corrected chi connectivity index (χ0v) is 28.1. The van der Waals surface area contributed by atoms with E-state index in [1.165, 1.54) is 44.9 Å². The number of rotatable bonds is 37. The Hall–Kier alpha value is -0.440. The zero-order chi connectivity index (χ0) is 31.3. The molecule has 0 aromatic rings. The van der Waals surface area contributed by atoms with E-state index in [4.69, 9.17) is 47.4 Å². The van der Waals surface area contributed by atoms with Crippen LogP contribution in [0.3, 0.4) is 0 Å². The van der Waals surface area contributed by atoms with Gasteiger partial charge in [-0.25, -0.2) is 0 Å². The van der Waals surface area contributed by atoms with Crippen LogP contribution in [0.5, 0.6) is 0 Å². The van der Waals surface area contributed by atoms with Crippen LogP contribution in [-0.4, -0.2) is 145 Å². The van der Waals surface area contributed by atoms with Crippen molar-refractivity contribution in [1.82, 2.24) is 5.32 Å². The first-order valence-electron chi connectivity index (χ1n) is 17.5. The van der Waals surface area contributed by atoms with E-state index in [0.717, 1.165) is 39.0 Å². The molecule has 1 N–H and O–H groups in total. The molecule has 1 rings (SSSR count). The summed E-state index contributed by atoms with van der Waals surface area (Å²) in [6.45, 7) is 15.4. The second-order valence-electron chi connectivity index (χ2n) is 10.8. The Labute approximate surface area is 268 Å². The molecule has 0 aliphatic carbocycles. The molecule has 1 heterocycles. The molecule has 264 valence electrons. The summed E-state index contributed by atoms with van der Waals surface area (Å²) in [5, 5.41) is 3.33. The van der Waals surface area contributed by atoms with Gasteiger partial charge in [-0.1, -0.05) is 51.9 Å². The Bertz CT molecular complexity index is 529. The normalized spacial score (nSPS) is 14.1. The fraction of sp³-hybridized carbons (Fsp3) is 1.00. The van der Waals surface area contributed by atoms with Gasteiger partial charge in [0.2, 0.25) is 0 Å². The van der Waals surface area contributed by atoms with Crippen molar-refractivity contribution < 1.29 is 47.4 Å². The molecule has 0 unspecified atom stereocenters. The van der Waals surface area contributed by atoms with Gasteiger partial charge < -0.3 is 52.7 Å². The van der Waals surface area contributed by atoms with Gasteiger partial charge in [0.25, 0.3) is 0 Å². The van der Waals surface area contributed by atoms with Crippen molar-refractivity contribution in [3.05, 3.63) is 0 Å². The van der Waals surface area contributed by atoms with Crippen LogP contribution in [0.15, 0.2) is 0 Å². The third-order valence-corrected chi connectivity index (χ3v) is 6.99. The van der Waals surface area contributed by atoms with Crippen LogP contribution in [0.25, 0.3) is 0 Å². The Kier molecular flexibility index (Phi) is 35.0. The van der Waals surface area contributed by atoms with Gasteiger partial charge in [-0.2, -0.15) is 0 Å². The predicted molar refractivity (Wildman–Crippen MR) is 172 cm³/mol. The van der Waals surface area contributed by atoms with Crippen molar-refractivity contribution in [2.24, 2.45) is 0 Å². The smallest absolute Gasteiger partial charge is 0.0704 e. The molecule has 1 aliphatic rings. The highest BCUT2D eigenvalue weighted by atomic mass is 16.6. The van der Waals surface area contributed by atoms with E-state index in [9.17, 15) is 0 Å². The SMILES string of the molecule is CCCCCCCCCCOCCOCCOCCOCCOCCOCCOCCOCCOCCOC1CCNCC1. The van der Waals surface area contributed by atoms with Gasteiger partial charge in [-0.3, -0.25) is 0 Å². The molecule has 11 nitrogen and oxygen atoms in total. The Morgan fingerprint density at radius 3 is 1.02 bits per heavy atom. The van der Waals surface area contributed by atoms with Crippen LogP contribution in [0.2, 0.25) is 0 Å². The summed E-state index contributed by atoms with van der Waals surface area (Å²) >= 11 is 0. The summed E-state index contributed by atoms with van der Waals surface area (Å²) in [6, 6.07) is 0. The molecule has 0 spiro atoms. The third-order valence-electron chi connectivity index (χ3n) is 6.99. The summed E-state index contributed by atoms with van der Waals surface area (Å²) in [5.74, 6) is 0. The molecule has 0 radical (unpaired) electrons. The van der Waals surface area contributed by atoms with Crippen molar-refractivity contribution >= 4 is 0 Å². The number of hydrogen-bond donors (Lipinski definition) is 1. The molecular formula is C33H67NO10. The van der Waals surface area contributed by atoms with E-state index >= 15 is 0 Å². The van der Waals surface area contributed by atoms with Gasteiger partial charge in [-0.05, 0) is 32.4 Å².